The van der Waals surface area contributed by atoms with E-state index in [-0.39, 0.29) is 30.3 Å². The number of Topliss-reactive ketones (excluding diaryl/α,β-unsaturated/α-hetero) is 1. The van der Waals surface area contributed by atoms with Crippen LogP contribution >= 0.6 is 0 Å². The van der Waals surface area contributed by atoms with Crippen LogP contribution in [0.2, 0.25) is 0 Å². The molecule has 1 aliphatic rings. The zero-order valence-electron chi connectivity index (χ0n) is 13.5. The van der Waals surface area contributed by atoms with Crippen LogP contribution < -0.4 is 0 Å². The number of hydrogen-bond acceptors (Lipinski definition) is 4. The average Bonchev–Trinajstić information content (AvgIpc) is 3.18. The summed E-state index contributed by atoms with van der Waals surface area (Å²) in [5.41, 5.74) is 0.419. The molecule has 0 radical (unpaired) electrons. The van der Waals surface area contributed by atoms with E-state index in [9.17, 15) is 14.0 Å². The van der Waals surface area contributed by atoms with Crippen molar-refractivity contribution in [2.24, 2.45) is 0 Å². The Morgan fingerprint density at radius 1 is 1.21 bits per heavy atom. The van der Waals surface area contributed by atoms with Gasteiger partial charge in [-0.05, 0) is 30.7 Å². The first-order valence-corrected chi connectivity index (χ1v) is 7.98. The van der Waals surface area contributed by atoms with Crippen LogP contribution in [0.3, 0.4) is 0 Å². The number of carbonyl (C=O) groups excluding carboxylic acids is 2. The number of hydrogen-bond donors (Lipinski definition) is 0. The van der Waals surface area contributed by atoms with Gasteiger partial charge in [0.1, 0.15) is 11.6 Å². The summed E-state index contributed by atoms with van der Waals surface area (Å²) in [6, 6.07) is 5.36. The fraction of sp³-hybridized carbons (Fsp3) is 0.412. The van der Waals surface area contributed by atoms with Gasteiger partial charge in [0, 0.05) is 38.4 Å². The lowest BCUT2D eigenvalue weighted by molar-refractivity contribution is -0.130. The lowest BCUT2D eigenvalue weighted by Gasteiger charge is -2.16. The van der Waals surface area contributed by atoms with E-state index in [1.807, 2.05) is 4.57 Å². The Balaban J connectivity index is 1.52. The van der Waals surface area contributed by atoms with Gasteiger partial charge in [0.15, 0.2) is 11.6 Å². The monoisotopic (exact) mass is 330 g/mol. The quantitative estimate of drug-likeness (QED) is 0.760. The maximum Gasteiger partial charge on any atom is 0.223 e. The smallest absolute Gasteiger partial charge is 0.223 e. The van der Waals surface area contributed by atoms with Crippen LogP contribution in [0.15, 0.2) is 24.3 Å². The van der Waals surface area contributed by atoms with Crippen molar-refractivity contribution < 1.29 is 14.0 Å². The highest BCUT2D eigenvalue weighted by molar-refractivity contribution is 5.97. The third-order valence-corrected chi connectivity index (χ3v) is 4.22. The van der Waals surface area contributed by atoms with E-state index in [0.29, 0.717) is 12.1 Å². The Hall–Kier alpha value is -2.57. The number of benzene rings is 1. The van der Waals surface area contributed by atoms with E-state index in [1.54, 1.807) is 11.9 Å². The lowest BCUT2D eigenvalue weighted by atomic mass is 10.1. The van der Waals surface area contributed by atoms with E-state index < -0.39 is 0 Å². The minimum atomic E-state index is -0.386. The van der Waals surface area contributed by atoms with Gasteiger partial charge in [-0.2, -0.15) is 0 Å². The van der Waals surface area contributed by atoms with E-state index >= 15 is 0 Å². The molecule has 0 fully saturated rings. The van der Waals surface area contributed by atoms with Gasteiger partial charge >= 0.3 is 0 Å². The molecule has 0 saturated heterocycles. The summed E-state index contributed by atoms with van der Waals surface area (Å²) in [5, 5.41) is 8.25. The molecule has 2 heterocycles. The molecule has 1 aliphatic heterocycles. The molecule has 0 bridgehead atoms. The molecular weight excluding hydrogens is 311 g/mol. The zero-order valence-corrected chi connectivity index (χ0v) is 13.5. The first-order chi connectivity index (χ1) is 11.5. The molecule has 2 aromatic rings. The second-order valence-electron chi connectivity index (χ2n) is 5.97. The van der Waals surface area contributed by atoms with Gasteiger partial charge in [0.2, 0.25) is 5.91 Å². The Bertz CT molecular complexity index is 754. The molecule has 0 saturated carbocycles. The van der Waals surface area contributed by atoms with Crippen molar-refractivity contribution in [2.75, 3.05) is 7.05 Å². The van der Waals surface area contributed by atoms with Crippen molar-refractivity contribution in [1.82, 2.24) is 19.7 Å². The lowest BCUT2D eigenvalue weighted by Crippen LogP contribution is -2.28. The zero-order chi connectivity index (χ0) is 17.1. The molecule has 1 amide bonds. The Kier molecular flexibility index (Phi) is 4.69. The highest BCUT2D eigenvalue weighted by Gasteiger charge is 2.20. The third-order valence-electron chi connectivity index (χ3n) is 4.22. The van der Waals surface area contributed by atoms with Gasteiger partial charge in [-0.1, -0.05) is 0 Å². The van der Waals surface area contributed by atoms with E-state index in [2.05, 4.69) is 10.2 Å². The van der Waals surface area contributed by atoms with Crippen molar-refractivity contribution in [1.29, 1.82) is 0 Å². The van der Waals surface area contributed by atoms with Gasteiger partial charge in [-0.15, -0.1) is 10.2 Å². The maximum absolute atomic E-state index is 12.9. The summed E-state index contributed by atoms with van der Waals surface area (Å²) in [7, 11) is 1.70. The number of fused-ring (bicyclic) bond motifs is 1. The summed E-state index contributed by atoms with van der Waals surface area (Å²) in [5.74, 6) is 1.07. The Morgan fingerprint density at radius 3 is 2.71 bits per heavy atom. The molecule has 0 atom stereocenters. The number of rotatable bonds is 6. The number of aryl methyl sites for hydroxylation is 1. The van der Waals surface area contributed by atoms with Crippen LogP contribution in [-0.2, 0) is 24.3 Å². The normalized spacial score (nSPS) is 12.9. The maximum atomic E-state index is 12.9. The third kappa shape index (κ3) is 3.50. The number of ketones is 1. The molecule has 0 aliphatic carbocycles. The van der Waals surface area contributed by atoms with Gasteiger partial charge in [-0.25, -0.2) is 4.39 Å². The summed E-state index contributed by atoms with van der Waals surface area (Å²) >= 11 is 0. The van der Waals surface area contributed by atoms with Crippen LogP contribution in [0.4, 0.5) is 4.39 Å². The van der Waals surface area contributed by atoms with Crippen molar-refractivity contribution in [3.05, 3.63) is 47.3 Å². The predicted octanol–water partition coefficient (Wildman–Crippen LogP) is 1.98. The molecule has 24 heavy (non-hydrogen) atoms. The van der Waals surface area contributed by atoms with E-state index in [4.69, 9.17) is 0 Å². The first kappa shape index (κ1) is 16.3. The Labute approximate surface area is 139 Å². The van der Waals surface area contributed by atoms with Gasteiger partial charge in [0.05, 0.1) is 6.54 Å². The Morgan fingerprint density at radius 2 is 1.96 bits per heavy atom. The second kappa shape index (κ2) is 6.90. The van der Waals surface area contributed by atoms with Gasteiger partial charge in [0.25, 0.3) is 0 Å². The largest absolute Gasteiger partial charge is 0.338 e. The van der Waals surface area contributed by atoms with Crippen LogP contribution in [0.1, 0.15) is 41.3 Å². The molecule has 6 nitrogen and oxygen atoms in total. The van der Waals surface area contributed by atoms with Crippen molar-refractivity contribution in [2.45, 2.75) is 38.8 Å². The summed E-state index contributed by atoms with van der Waals surface area (Å²) in [6.45, 7) is 1.28. The van der Waals surface area contributed by atoms with Crippen LogP contribution in [-0.4, -0.2) is 38.4 Å². The number of aromatic nitrogens is 3. The van der Waals surface area contributed by atoms with Gasteiger partial charge < -0.3 is 9.47 Å². The topological polar surface area (TPSA) is 68.1 Å². The van der Waals surface area contributed by atoms with Crippen molar-refractivity contribution in [3.8, 4) is 0 Å². The minimum absolute atomic E-state index is 0.104. The predicted molar refractivity (Wildman–Crippen MR) is 84.8 cm³/mol. The molecular formula is C17H19FN4O2. The molecule has 3 rings (SSSR count). The molecule has 0 spiro atoms. The van der Waals surface area contributed by atoms with Crippen LogP contribution in [0, 0.1) is 5.82 Å². The molecule has 0 N–H and O–H groups in total. The minimum Gasteiger partial charge on any atom is -0.338 e. The highest BCUT2D eigenvalue weighted by atomic mass is 19.1. The van der Waals surface area contributed by atoms with Crippen molar-refractivity contribution >= 4 is 11.7 Å². The summed E-state index contributed by atoms with van der Waals surface area (Å²) in [6.07, 6.45) is 2.21. The summed E-state index contributed by atoms with van der Waals surface area (Å²) < 4.78 is 14.9. The first-order valence-electron chi connectivity index (χ1n) is 7.98. The summed E-state index contributed by atoms with van der Waals surface area (Å²) in [4.78, 5) is 25.8. The molecule has 1 aromatic heterocycles. The standard InChI is InChI=1S/C17H19FN4O2/c1-21(11-16-20-19-15-3-2-10-22(15)16)17(24)9-8-14(23)12-4-6-13(18)7-5-12/h4-7H,2-3,8-11H2,1H3. The molecule has 1 aromatic carbocycles. The highest BCUT2D eigenvalue weighted by Crippen LogP contribution is 2.15. The number of nitrogens with zero attached hydrogens (tertiary/aromatic N) is 4. The second-order valence-corrected chi connectivity index (χ2v) is 5.97. The van der Waals surface area contributed by atoms with Crippen LogP contribution in [0.5, 0.6) is 0 Å². The number of halogens is 1. The fourth-order valence-electron chi connectivity index (χ4n) is 2.82. The average molecular weight is 330 g/mol. The molecule has 7 heteroatoms. The fourth-order valence-corrected chi connectivity index (χ4v) is 2.82. The van der Waals surface area contributed by atoms with Gasteiger partial charge in [-0.3, -0.25) is 9.59 Å². The van der Waals surface area contributed by atoms with Crippen LogP contribution in [0.25, 0.3) is 0 Å². The van der Waals surface area contributed by atoms with E-state index in [1.165, 1.54) is 24.3 Å². The molecule has 126 valence electrons. The SMILES string of the molecule is CN(Cc1nnc2n1CCC2)C(=O)CCC(=O)c1ccc(F)cc1. The van der Waals surface area contributed by atoms with E-state index in [0.717, 1.165) is 31.0 Å². The van der Waals surface area contributed by atoms with Crippen molar-refractivity contribution in [3.63, 3.8) is 0 Å². The number of amides is 1. The molecule has 0 unspecified atom stereocenters. The number of carbonyl (C=O) groups is 2.